The minimum Gasteiger partial charge on any atom is -0.396 e. The number of aliphatic hydroxyl groups excluding tert-OH is 1. The summed E-state index contributed by atoms with van der Waals surface area (Å²) in [6.07, 6.45) is 1.76. The Labute approximate surface area is 116 Å². The molecule has 1 aromatic rings. The molecule has 2 rings (SSSR count). The van der Waals surface area contributed by atoms with E-state index in [1.807, 2.05) is 0 Å². The summed E-state index contributed by atoms with van der Waals surface area (Å²) in [6, 6.07) is 2.89. The first-order valence-electron chi connectivity index (χ1n) is 6.18. The molecular formula is C13H16F2N2OS. The van der Waals surface area contributed by atoms with E-state index in [9.17, 15) is 8.78 Å². The van der Waals surface area contributed by atoms with Gasteiger partial charge in [0, 0.05) is 25.3 Å². The normalized spacial score (nSPS) is 19.5. The van der Waals surface area contributed by atoms with Gasteiger partial charge in [0.15, 0.2) is 11.6 Å². The van der Waals surface area contributed by atoms with Crippen LogP contribution in [0.3, 0.4) is 0 Å². The zero-order valence-corrected chi connectivity index (χ0v) is 11.2. The number of hydrogen-bond acceptors (Lipinski definition) is 3. The lowest BCUT2D eigenvalue weighted by Crippen LogP contribution is -2.37. The van der Waals surface area contributed by atoms with E-state index in [1.54, 1.807) is 4.90 Å². The van der Waals surface area contributed by atoms with Crippen LogP contribution in [0.4, 0.5) is 14.5 Å². The monoisotopic (exact) mass is 286 g/mol. The van der Waals surface area contributed by atoms with Gasteiger partial charge in [-0.25, -0.2) is 8.78 Å². The summed E-state index contributed by atoms with van der Waals surface area (Å²) < 4.78 is 27.9. The van der Waals surface area contributed by atoms with Gasteiger partial charge in [0.1, 0.15) is 4.99 Å². The highest BCUT2D eigenvalue weighted by Gasteiger charge is 2.24. The standard InChI is InChI=1S/C13H16F2N2OS/c14-11-9(13(16)19)3-4-10(12(11)15)17-5-1-2-8(6-17)7-18/h3-4,8,18H,1-2,5-7H2,(H2,16,19). The van der Waals surface area contributed by atoms with Gasteiger partial charge >= 0.3 is 0 Å². The molecule has 6 heteroatoms. The summed E-state index contributed by atoms with van der Waals surface area (Å²) >= 11 is 4.67. The predicted octanol–water partition coefficient (Wildman–Crippen LogP) is 1.81. The first kappa shape index (κ1) is 14.1. The fourth-order valence-corrected chi connectivity index (χ4v) is 2.56. The highest BCUT2D eigenvalue weighted by Crippen LogP contribution is 2.28. The van der Waals surface area contributed by atoms with E-state index < -0.39 is 11.6 Å². The smallest absolute Gasteiger partial charge is 0.182 e. The number of halogens is 2. The summed E-state index contributed by atoms with van der Waals surface area (Å²) in [4.78, 5) is 1.60. The van der Waals surface area contributed by atoms with Crippen LogP contribution in [-0.2, 0) is 0 Å². The molecule has 0 radical (unpaired) electrons. The molecule has 1 unspecified atom stereocenters. The Kier molecular flexibility index (Phi) is 4.31. The van der Waals surface area contributed by atoms with Crippen molar-refractivity contribution in [3.05, 3.63) is 29.3 Å². The average molecular weight is 286 g/mol. The molecule has 0 saturated carbocycles. The largest absolute Gasteiger partial charge is 0.396 e. The van der Waals surface area contributed by atoms with Crippen LogP contribution in [0.15, 0.2) is 12.1 Å². The number of thiocarbonyl (C=S) groups is 1. The molecule has 1 aromatic carbocycles. The number of benzene rings is 1. The van der Waals surface area contributed by atoms with Crippen molar-refractivity contribution in [2.45, 2.75) is 12.8 Å². The Morgan fingerprint density at radius 3 is 2.79 bits per heavy atom. The molecule has 0 amide bonds. The molecule has 1 aliphatic heterocycles. The Bertz CT molecular complexity index is 496. The molecule has 1 aliphatic rings. The van der Waals surface area contributed by atoms with Crippen LogP contribution in [-0.4, -0.2) is 29.8 Å². The second-order valence-corrected chi connectivity index (χ2v) is 5.20. The molecule has 104 valence electrons. The number of nitrogens with two attached hydrogens (primary N) is 1. The van der Waals surface area contributed by atoms with E-state index in [4.69, 9.17) is 10.8 Å². The van der Waals surface area contributed by atoms with Gasteiger partial charge in [-0.1, -0.05) is 12.2 Å². The number of anilines is 1. The van der Waals surface area contributed by atoms with Gasteiger partial charge < -0.3 is 15.7 Å². The third-order valence-electron chi connectivity index (χ3n) is 3.45. The first-order chi connectivity index (χ1) is 9.04. The maximum Gasteiger partial charge on any atom is 0.182 e. The maximum atomic E-state index is 14.0. The van der Waals surface area contributed by atoms with Crippen LogP contribution in [0.2, 0.25) is 0 Å². The minimum atomic E-state index is -1.00. The molecule has 0 aromatic heterocycles. The van der Waals surface area contributed by atoms with E-state index in [1.165, 1.54) is 12.1 Å². The number of rotatable bonds is 3. The third-order valence-corrected chi connectivity index (χ3v) is 3.67. The van der Waals surface area contributed by atoms with Crippen molar-refractivity contribution >= 4 is 22.9 Å². The number of piperidine rings is 1. The van der Waals surface area contributed by atoms with Crippen LogP contribution < -0.4 is 10.6 Å². The van der Waals surface area contributed by atoms with Crippen molar-refractivity contribution in [3.63, 3.8) is 0 Å². The summed E-state index contributed by atoms with van der Waals surface area (Å²) in [6.45, 7) is 1.24. The molecule has 0 bridgehead atoms. The molecule has 3 nitrogen and oxygen atoms in total. The fourth-order valence-electron chi connectivity index (χ4n) is 2.41. The van der Waals surface area contributed by atoms with E-state index in [2.05, 4.69) is 12.2 Å². The molecule has 1 heterocycles. The topological polar surface area (TPSA) is 49.5 Å². The quantitative estimate of drug-likeness (QED) is 0.832. The SMILES string of the molecule is NC(=S)c1ccc(N2CCCC(CO)C2)c(F)c1F. The first-order valence-corrected chi connectivity index (χ1v) is 6.59. The molecule has 0 spiro atoms. The van der Waals surface area contributed by atoms with E-state index in [-0.39, 0.29) is 28.8 Å². The van der Waals surface area contributed by atoms with Crippen molar-refractivity contribution in [2.75, 3.05) is 24.6 Å². The Hall–Kier alpha value is -1.27. The maximum absolute atomic E-state index is 14.0. The Morgan fingerprint density at radius 1 is 1.42 bits per heavy atom. The predicted molar refractivity (Wildman–Crippen MR) is 74.3 cm³/mol. The van der Waals surface area contributed by atoms with Crippen molar-refractivity contribution in [2.24, 2.45) is 11.7 Å². The number of aliphatic hydroxyl groups is 1. The van der Waals surface area contributed by atoms with Gasteiger partial charge in [-0.2, -0.15) is 0 Å². The van der Waals surface area contributed by atoms with Gasteiger partial charge in [0.2, 0.25) is 0 Å². The molecule has 3 N–H and O–H groups in total. The van der Waals surface area contributed by atoms with Crippen LogP contribution in [0.1, 0.15) is 18.4 Å². The van der Waals surface area contributed by atoms with Crippen LogP contribution >= 0.6 is 12.2 Å². The second-order valence-electron chi connectivity index (χ2n) is 4.76. The van der Waals surface area contributed by atoms with Crippen molar-refractivity contribution in [1.82, 2.24) is 0 Å². The van der Waals surface area contributed by atoms with Crippen molar-refractivity contribution in [1.29, 1.82) is 0 Å². The zero-order chi connectivity index (χ0) is 14.0. The van der Waals surface area contributed by atoms with Crippen LogP contribution in [0.25, 0.3) is 0 Å². The molecular weight excluding hydrogens is 270 g/mol. The van der Waals surface area contributed by atoms with Crippen molar-refractivity contribution < 1.29 is 13.9 Å². The second kappa shape index (κ2) is 5.79. The lowest BCUT2D eigenvalue weighted by molar-refractivity contribution is 0.208. The summed E-state index contributed by atoms with van der Waals surface area (Å²) in [5.41, 5.74) is 5.46. The molecule has 1 saturated heterocycles. The van der Waals surface area contributed by atoms with Gasteiger partial charge in [-0.3, -0.25) is 0 Å². The van der Waals surface area contributed by atoms with Crippen LogP contribution in [0, 0.1) is 17.6 Å². The minimum absolute atomic E-state index is 0.0611. The number of nitrogens with zero attached hydrogens (tertiary/aromatic N) is 1. The average Bonchev–Trinajstić information content (AvgIpc) is 2.41. The van der Waals surface area contributed by atoms with Gasteiger partial charge in [0.25, 0.3) is 0 Å². The highest BCUT2D eigenvalue weighted by atomic mass is 32.1. The van der Waals surface area contributed by atoms with Gasteiger partial charge in [-0.05, 0) is 30.9 Å². The summed E-state index contributed by atoms with van der Waals surface area (Å²) in [7, 11) is 0. The fraction of sp³-hybridized carbons (Fsp3) is 0.462. The highest BCUT2D eigenvalue weighted by molar-refractivity contribution is 7.80. The summed E-state index contributed by atoms with van der Waals surface area (Å²) in [5, 5.41) is 9.17. The molecule has 1 atom stereocenters. The molecule has 1 fully saturated rings. The number of hydrogen-bond donors (Lipinski definition) is 2. The molecule has 19 heavy (non-hydrogen) atoms. The molecule has 0 aliphatic carbocycles. The Balaban J connectivity index is 2.30. The summed E-state index contributed by atoms with van der Waals surface area (Å²) in [5.74, 6) is -1.83. The van der Waals surface area contributed by atoms with Crippen LogP contribution in [0.5, 0.6) is 0 Å². The van der Waals surface area contributed by atoms with E-state index >= 15 is 0 Å². The van der Waals surface area contributed by atoms with E-state index in [0.29, 0.717) is 13.1 Å². The Morgan fingerprint density at radius 2 is 2.16 bits per heavy atom. The zero-order valence-electron chi connectivity index (χ0n) is 10.4. The van der Waals surface area contributed by atoms with Gasteiger partial charge in [0.05, 0.1) is 5.69 Å². The third kappa shape index (κ3) is 2.84. The van der Waals surface area contributed by atoms with E-state index in [0.717, 1.165) is 12.8 Å². The van der Waals surface area contributed by atoms with Gasteiger partial charge in [-0.15, -0.1) is 0 Å². The lowest BCUT2D eigenvalue weighted by Gasteiger charge is -2.33. The van der Waals surface area contributed by atoms with Crippen molar-refractivity contribution in [3.8, 4) is 0 Å². The lowest BCUT2D eigenvalue weighted by atomic mass is 9.98.